The number of ether oxygens (including phenoxy) is 1. The van der Waals surface area contributed by atoms with Crippen LogP contribution < -0.4 is 9.64 Å². The van der Waals surface area contributed by atoms with E-state index in [-0.39, 0.29) is 24.7 Å². The normalized spacial score (nSPS) is 17.2. The van der Waals surface area contributed by atoms with Crippen molar-refractivity contribution in [2.75, 3.05) is 11.4 Å². The topological polar surface area (TPSA) is 46.6 Å². The Kier molecular flexibility index (Phi) is 4.34. The number of hydrogen-bond acceptors (Lipinski definition) is 3. The van der Waals surface area contributed by atoms with Crippen LogP contribution >= 0.6 is 0 Å². The highest BCUT2D eigenvalue weighted by atomic mass is 19.1. The molecule has 1 heterocycles. The summed E-state index contributed by atoms with van der Waals surface area (Å²) in [7, 11) is 0. The second-order valence-electron chi connectivity index (χ2n) is 6.05. The lowest BCUT2D eigenvalue weighted by molar-refractivity contribution is -0.139. The van der Waals surface area contributed by atoms with Crippen LogP contribution in [-0.4, -0.2) is 18.4 Å². The Bertz CT molecular complexity index is 786. The van der Waals surface area contributed by atoms with Gasteiger partial charge in [0, 0.05) is 18.7 Å². The molecule has 1 aliphatic rings. The van der Waals surface area contributed by atoms with E-state index < -0.39 is 11.9 Å². The molecule has 1 aliphatic heterocycles. The Morgan fingerprint density at radius 1 is 1.12 bits per heavy atom. The number of carbonyl (C=O) groups is 2. The standard InChI is InChI=1S/C19H18FNO3/c1-12-3-8-17(9-13(12)2)24-19(23)14-10-18(22)21(11-14)16-6-4-15(20)5-7-16/h3-9,14H,10-11H2,1-2H3/t14-/m1/s1. The van der Waals surface area contributed by atoms with Gasteiger partial charge in [0.15, 0.2) is 0 Å². The Balaban J connectivity index is 1.69. The van der Waals surface area contributed by atoms with E-state index in [9.17, 15) is 14.0 Å². The highest BCUT2D eigenvalue weighted by Gasteiger charge is 2.36. The van der Waals surface area contributed by atoms with Gasteiger partial charge in [0.1, 0.15) is 11.6 Å². The fraction of sp³-hybridized carbons (Fsp3) is 0.263. The molecule has 0 N–H and O–H groups in total. The van der Waals surface area contributed by atoms with E-state index in [4.69, 9.17) is 4.74 Å². The first kappa shape index (κ1) is 16.2. The van der Waals surface area contributed by atoms with Gasteiger partial charge in [-0.25, -0.2) is 4.39 Å². The maximum absolute atomic E-state index is 13.0. The molecule has 0 spiro atoms. The number of rotatable bonds is 3. The quantitative estimate of drug-likeness (QED) is 0.641. The summed E-state index contributed by atoms with van der Waals surface area (Å²) in [6.45, 7) is 4.17. The summed E-state index contributed by atoms with van der Waals surface area (Å²) >= 11 is 0. The molecule has 5 heteroatoms. The molecule has 0 radical (unpaired) electrons. The van der Waals surface area contributed by atoms with E-state index in [2.05, 4.69) is 0 Å². The number of halogens is 1. The van der Waals surface area contributed by atoms with Gasteiger partial charge in [0.2, 0.25) is 5.91 Å². The van der Waals surface area contributed by atoms with Crippen LogP contribution in [0.15, 0.2) is 42.5 Å². The van der Waals surface area contributed by atoms with E-state index >= 15 is 0 Å². The van der Waals surface area contributed by atoms with Crippen molar-refractivity contribution in [3.8, 4) is 5.75 Å². The van der Waals surface area contributed by atoms with Crippen LogP contribution in [0.5, 0.6) is 5.75 Å². The maximum atomic E-state index is 13.0. The number of hydrogen-bond donors (Lipinski definition) is 0. The van der Waals surface area contributed by atoms with Gasteiger partial charge in [-0.05, 0) is 61.4 Å². The first-order valence-electron chi connectivity index (χ1n) is 7.79. The van der Waals surface area contributed by atoms with Crippen molar-refractivity contribution < 1.29 is 18.7 Å². The van der Waals surface area contributed by atoms with Gasteiger partial charge in [-0.2, -0.15) is 0 Å². The third kappa shape index (κ3) is 3.30. The second-order valence-corrected chi connectivity index (χ2v) is 6.05. The molecule has 124 valence electrons. The van der Waals surface area contributed by atoms with Crippen molar-refractivity contribution >= 4 is 17.6 Å². The summed E-state index contributed by atoms with van der Waals surface area (Å²) in [5, 5.41) is 0. The highest BCUT2D eigenvalue weighted by Crippen LogP contribution is 2.27. The van der Waals surface area contributed by atoms with Crippen molar-refractivity contribution in [1.82, 2.24) is 0 Å². The molecule has 1 atom stereocenters. The molecule has 3 rings (SSSR count). The minimum Gasteiger partial charge on any atom is -0.426 e. The number of anilines is 1. The van der Waals surface area contributed by atoms with Crippen molar-refractivity contribution in [2.45, 2.75) is 20.3 Å². The van der Waals surface area contributed by atoms with E-state index in [1.807, 2.05) is 26.0 Å². The van der Waals surface area contributed by atoms with Crippen LogP contribution in [0.2, 0.25) is 0 Å². The van der Waals surface area contributed by atoms with Crippen LogP contribution in [0.3, 0.4) is 0 Å². The van der Waals surface area contributed by atoms with Crippen molar-refractivity contribution in [3.63, 3.8) is 0 Å². The number of esters is 1. The first-order valence-corrected chi connectivity index (χ1v) is 7.79. The lowest BCUT2D eigenvalue weighted by Gasteiger charge is -2.16. The van der Waals surface area contributed by atoms with Crippen LogP contribution in [-0.2, 0) is 9.59 Å². The molecule has 0 aromatic heterocycles. The number of aryl methyl sites for hydroxylation is 2. The van der Waals surface area contributed by atoms with Gasteiger partial charge in [-0.3, -0.25) is 9.59 Å². The van der Waals surface area contributed by atoms with Crippen LogP contribution in [0.1, 0.15) is 17.5 Å². The molecule has 0 unspecified atom stereocenters. The summed E-state index contributed by atoms with van der Waals surface area (Å²) in [6, 6.07) is 11.1. The van der Waals surface area contributed by atoms with Gasteiger partial charge in [0.05, 0.1) is 5.92 Å². The Hall–Kier alpha value is -2.69. The zero-order valence-electron chi connectivity index (χ0n) is 13.6. The summed E-state index contributed by atoms with van der Waals surface area (Å²) < 4.78 is 18.4. The molecule has 0 saturated carbocycles. The Morgan fingerprint density at radius 3 is 2.50 bits per heavy atom. The lowest BCUT2D eigenvalue weighted by Crippen LogP contribution is -2.27. The van der Waals surface area contributed by atoms with Crippen LogP contribution in [0.25, 0.3) is 0 Å². The van der Waals surface area contributed by atoms with Gasteiger partial charge in [0.25, 0.3) is 0 Å². The third-order valence-corrected chi connectivity index (χ3v) is 4.29. The molecule has 1 fully saturated rings. The summed E-state index contributed by atoms with van der Waals surface area (Å²) in [5.74, 6) is -0.990. The van der Waals surface area contributed by atoms with Crippen molar-refractivity contribution in [2.24, 2.45) is 5.92 Å². The average Bonchev–Trinajstić information content (AvgIpc) is 2.94. The molecular formula is C19H18FNO3. The average molecular weight is 327 g/mol. The smallest absolute Gasteiger partial charge is 0.316 e. The summed E-state index contributed by atoms with van der Waals surface area (Å²) in [4.78, 5) is 26.0. The zero-order chi connectivity index (χ0) is 17.3. The second kappa shape index (κ2) is 6.43. The SMILES string of the molecule is Cc1ccc(OC(=O)[C@@H]2CC(=O)N(c3ccc(F)cc3)C2)cc1C. The summed E-state index contributed by atoms with van der Waals surface area (Å²) in [5.41, 5.74) is 2.74. The molecule has 24 heavy (non-hydrogen) atoms. The molecular weight excluding hydrogens is 309 g/mol. The van der Waals surface area contributed by atoms with Gasteiger partial charge in [-0.15, -0.1) is 0 Å². The van der Waals surface area contributed by atoms with Gasteiger partial charge < -0.3 is 9.64 Å². The minimum absolute atomic E-state index is 0.0983. The predicted octanol–water partition coefficient (Wildman–Crippen LogP) is 3.40. The van der Waals surface area contributed by atoms with Crippen molar-refractivity contribution in [1.29, 1.82) is 0 Å². The van der Waals surface area contributed by atoms with E-state index in [0.29, 0.717) is 11.4 Å². The molecule has 1 amide bonds. The molecule has 4 nitrogen and oxygen atoms in total. The third-order valence-electron chi connectivity index (χ3n) is 4.29. The predicted molar refractivity (Wildman–Crippen MR) is 88.4 cm³/mol. The van der Waals surface area contributed by atoms with Gasteiger partial charge in [-0.1, -0.05) is 6.07 Å². The fourth-order valence-corrected chi connectivity index (χ4v) is 2.71. The summed E-state index contributed by atoms with van der Waals surface area (Å²) in [6.07, 6.45) is 0.0983. The van der Waals surface area contributed by atoms with Crippen LogP contribution in [0, 0.1) is 25.6 Å². The van der Waals surface area contributed by atoms with Gasteiger partial charge >= 0.3 is 5.97 Å². The largest absolute Gasteiger partial charge is 0.426 e. The molecule has 0 bridgehead atoms. The lowest BCUT2D eigenvalue weighted by atomic mass is 10.1. The number of benzene rings is 2. The Morgan fingerprint density at radius 2 is 1.83 bits per heavy atom. The monoisotopic (exact) mass is 327 g/mol. The minimum atomic E-state index is -0.524. The fourth-order valence-electron chi connectivity index (χ4n) is 2.71. The highest BCUT2D eigenvalue weighted by molar-refractivity contribution is 5.99. The van der Waals surface area contributed by atoms with E-state index in [0.717, 1.165) is 11.1 Å². The van der Waals surface area contributed by atoms with Crippen molar-refractivity contribution in [3.05, 3.63) is 59.4 Å². The first-order chi connectivity index (χ1) is 11.4. The molecule has 2 aromatic rings. The number of amides is 1. The van der Waals surface area contributed by atoms with E-state index in [1.54, 1.807) is 6.07 Å². The zero-order valence-corrected chi connectivity index (χ0v) is 13.6. The van der Waals surface area contributed by atoms with E-state index in [1.165, 1.54) is 29.2 Å². The van der Waals surface area contributed by atoms with Crippen LogP contribution in [0.4, 0.5) is 10.1 Å². The Labute approximate surface area is 139 Å². The maximum Gasteiger partial charge on any atom is 0.316 e. The number of carbonyl (C=O) groups excluding carboxylic acids is 2. The molecule has 1 saturated heterocycles. The molecule has 2 aromatic carbocycles. The molecule has 0 aliphatic carbocycles. The number of nitrogens with zero attached hydrogens (tertiary/aromatic N) is 1.